The first-order chi connectivity index (χ1) is 12.4. The lowest BCUT2D eigenvalue weighted by Crippen LogP contribution is -2.52. The summed E-state index contributed by atoms with van der Waals surface area (Å²) >= 11 is 0. The minimum absolute atomic E-state index is 0.0700. The van der Waals surface area contributed by atoms with Gasteiger partial charge in [-0.05, 0) is 43.3 Å². The number of carbonyl (C=O) groups excluding carboxylic acids is 1. The molecule has 1 saturated heterocycles. The molecule has 0 aliphatic carbocycles. The summed E-state index contributed by atoms with van der Waals surface area (Å²) in [5.74, 6) is -0.0700. The summed E-state index contributed by atoms with van der Waals surface area (Å²) in [6.07, 6.45) is 0. The molecule has 1 atom stereocenters. The number of nitrogens with one attached hydrogen (secondary N) is 1. The normalized spacial score (nSPS) is 17.8. The van der Waals surface area contributed by atoms with Gasteiger partial charge < -0.3 is 10.2 Å². The van der Waals surface area contributed by atoms with Crippen molar-refractivity contribution >= 4 is 21.6 Å². The highest BCUT2D eigenvalue weighted by Crippen LogP contribution is 2.22. The van der Waals surface area contributed by atoms with Gasteiger partial charge in [-0.1, -0.05) is 18.2 Å². The van der Waals surface area contributed by atoms with E-state index in [0.29, 0.717) is 17.8 Å². The molecule has 7 heteroatoms. The number of nitrogens with zero attached hydrogens (tertiary/aromatic N) is 2. The second-order valence-electron chi connectivity index (χ2n) is 6.38. The van der Waals surface area contributed by atoms with Crippen molar-refractivity contribution in [3.8, 4) is 0 Å². The van der Waals surface area contributed by atoms with E-state index in [1.54, 1.807) is 36.4 Å². The van der Waals surface area contributed by atoms with Crippen molar-refractivity contribution in [3.05, 3.63) is 60.2 Å². The van der Waals surface area contributed by atoms with Gasteiger partial charge in [-0.3, -0.25) is 9.10 Å². The highest BCUT2D eigenvalue weighted by atomic mass is 32.2. The molecule has 3 rings (SSSR count). The predicted molar refractivity (Wildman–Crippen MR) is 102 cm³/mol. The van der Waals surface area contributed by atoms with Crippen molar-refractivity contribution in [3.63, 3.8) is 0 Å². The summed E-state index contributed by atoms with van der Waals surface area (Å²) in [5, 5.41) is 3.25. The molecule has 1 aliphatic heterocycles. The van der Waals surface area contributed by atoms with Crippen molar-refractivity contribution in [1.29, 1.82) is 0 Å². The number of amides is 1. The fourth-order valence-electron chi connectivity index (χ4n) is 3.01. The third-order valence-corrected chi connectivity index (χ3v) is 6.44. The van der Waals surface area contributed by atoms with Gasteiger partial charge in [-0.2, -0.15) is 0 Å². The third-order valence-electron chi connectivity index (χ3n) is 4.64. The Labute approximate surface area is 154 Å². The summed E-state index contributed by atoms with van der Waals surface area (Å²) in [7, 11) is -2.15. The van der Waals surface area contributed by atoms with E-state index in [1.165, 1.54) is 23.5 Å². The number of hydrogen-bond donors (Lipinski definition) is 1. The average Bonchev–Trinajstić information content (AvgIpc) is 2.68. The Balaban J connectivity index is 1.81. The number of rotatable bonds is 4. The van der Waals surface area contributed by atoms with Crippen molar-refractivity contribution < 1.29 is 13.2 Å². The molecule has 1 aliphatic rings. The van der Waals surface area contributed by atoms with Gasteiger partial charge in [0, 0.05) is 38.3 Å². The van der Waals surface area contributed by atoms with Crippen LogP contribution < -0.4 is 9.62 Å². The summed E-state index contributed by atoms with van der Waals surface area (Å²) in [5.41, 5.74) is 1.09. The van der Waals surface area contributed by atoms with Crippen LogP contribution in [0.5, 0.6) is 0 Å². The molecule has 2 aromatic rings. The molecule has 0 radical (unpaired) electrons. The number of piperazine rings is 1. The lowest BCUT2D eigenvalue weighted by molar-refractivity contribution is 0.0655. The molecule has 1 N–H and O–H groups in total. The van der Waals surface area contributed by atoms with Crippen LogP contribution in [0.2, 0.25) is 0 Å². The van der Waals surface area contributed by atoms with Crippen LogP contribution in [0.15, 0.2) is 59.5 Å². The van der Waals surface area contributed by atoms with E-state index in [1.807, 2.05) is 17.9 Å². The van der Waals surface area contributed by atoms with E-state index < -0.39 is 10.0 Å². The molecule has 0 saturated carbocycles. The quantitative estimate of drug-likeness (QED) is 0.889. The molecule has 0 aromatic heterocycles. The van der Waals surface area contributed by atoms with Crippen LogP contribution in [0.4, 0.5) is 5.69 Å². The first-order valence-corrected chi connectivity index (χ1v) is 10.0. The highest BCUT2D eigenvalue weighted by molar-refractivity contribution is 7.92. The molecular formula is C19H23N3O3S. The van der Waals surface area contributed by atoms with Crippen molar-refractivity contribution in [2.45, 2.75) is 17.9 Å². The zero-order valence-corrected chi connectivity index (χ0v) is 15.7. The molecule has 26 heavy (non-hydrogen) atoms. The highest BCUT2D eigenvalue weighted by Gasteiger charge is 2.25. The molecule has 6 nitrogen and oxygen atoms in total. The maximum Gasteiger partial charge on any atom is 0.264 e. The van der Waals surface area contributed by atoms with Gasteiger partial charge in [0.25, 0.3) is 15.9 Å². The largest absolute Gasteiger partial charge is 0.333 e. The molecule has 1 fully saturated rings. The van der Waals surface area contributed by atoms with Gasteiger partial charge in [0.05, 0.1) is 10.6 Å². The number of carbonyl (C=O) groups is 1. The van der Waals surface area contributed by atoms with Crippen LogP contribution in [0.25, 0.3) is 0 Å². The number of benzene rings is 2. The molecule has 0 bridgehead atoms. The Morgan fingerprint density at radius 2 is 1.77 bits per heavy atom. The fourth-order valence-corrected chi connectivity index (χ4v) is 4.21. The summed E-state index contributed by atoms with van der Waals surface area (Å²) in [4.78, 5) is 14.6. The predicted octanol–water partition coefficient (Wildman–Crippen LogP) is 1.95. The van der Waals surface area contributed by atoms with Gasteiger partial charge in [0.2, 0.25) is 0 Å². The first kappa shape index (κ1) is 18.4. The van der Waals surface area contributed by atoms with Crippen molar-refractivity contribution in [2.75, 3.05) is 31.0 Å². The number of sulfonamides is 1. The molecule has 1 amide bonds. The molecular weight excluding hydrogens is 350 g/mol. The summed E-state index contributed by atoms with van der Waals surface area (Å²) in [6, 6.07) is 15.2. The van der Waals surface area contributed by atoms with E-state index in [0.717, 1.165) is 13.1 Å². The average molecular weight is 373 g/mol. The van der Waals surface area contributed by atoms with Crippen LogP contribution in [-0.4, -0.2) is 51.9 Å². The van der Waals surface area contributed by atoms with Crippen LogP contribution in [0, 0.1) is 0 Å². The Morgan fingerprint density at radius 1 is 1.12 bits per heavy atom. The van der Waals surface area contributed by atoms with Crippen LogP contribution in [0.3, 0.4) is 0 Å². The van der Waals surface area contributed by atoms with E-state index >= 15 is 0 Å². The summed E-state index contributed by atoms with van der Waals surface area (Å²) < 4.78 is 26.8. The fraction of sp³-hybridized carbons (Fsp3) is 0.316. The molecule has 2 aromatic carbocycles. The lowest BCUT2D eigenvalue weighted by Gasteiger charge is -2.34. The first-order valence-electron chi connectivity index (χ1n) is 8.57. The van der Waals surface area contributed by atoms with Crippen LogP contribution in [-0.2, 0) is 10.0 Å². The van der Waals surface area contributed by atoms with Crippen LogP contribution in [0.1, 0.15) is 17.3 Å². The Morgan fingerprint density at radius 3 is 2.38 bits per heavy atom. The topological polar surface area (TPSA) is 69.7 Å². The lowest BCUT2D eigenvalue weighted by atomic mass is 10.1. The Kier molecular flexibility index (Phi) is 5.29. The van der Waals surface area contributed by atoms with Crippen molar-refractivity contribution in [2.24, 2.45) is 0 Å². The van der Waals surface area contributed by atoms with Gasteiger partial charge in [-0.25, -0.2) is 8.42 Å². The van der Waals surface area contributed by atoms with Crippen LogP contribution >= 0.6 is 0 Å². The number of para-hydroxylation sites is 1. The minimum atomic E-state index is -3.67. The minimum Gasteiger partial charge on any atom is -0.333 e. The maximum atomic E-state index is 12.8. The zero-order valence-electron chi connectivity index (χ0n) is 14.9. The smallest absolute Gasteiger partial charge is 0.264 e. The van der Waals surface area contributed by atoms with Gasteiger partial charge in [0.15, 0.2) is 0 Å². The maximum absolute atomic E-state index is 12.8. The SMILES string of the molecule is C[C@@H]1CNCCN1C(=O)c1ccc(S(=O)(=O)N(C)c2ccccc2)cc1. The molecule has 138 valence electrons. The standard InChI is InChI=1S/C19H23N3O3S/c1-15-14-20-12-13-22(15)19(23)16-8-10-18(11-9-16)26(24,25)21(2)17-6-4-3-5-7-17/h3-11,15,20H,12-14H2,1-2H3/t15-/m1/s1. The van der Waals surface area contributed by atoms with Gasteiger partial charge in [0.1, 0.15) is 0 Å². The number of anilines is 1. The second-order valence-corrected chi connectivity index (χ2v) is 8.35. The Hall–Kier alpha value is -2.38. The van der Waals surface area contributed by atoms with E-state index in [2.05, 4.69) is 5.32 Å². The van der Waals surface area contributed by atoms with Crippen molar-refractivity contribution in [1.82, 2.24) is 10.2 Å². The number of hydrogen-bond acceptors (Lipinski definition) is 4. The molecule has 0 unspecified atom stereocenters. The van der Waals surface area contributed by atoms with Gasteiger partial charge in [-0.15, -0.1) is 0 Å². The molecule has 0 spiro atoms. The monoisotopic (exact) mass is 373 g/mol. The third kappa shape index (κ3) is 3.59. The van der Waals surface area contributed by atoms with E-state index in [9.17, 15) is 13.2 Å². The Bertz CT molecular complexity index is 867. The van der Waals surface area contributed by atoms with E-state index in [-0.39, 0.29) is 16.8 Å². The van der Waals surface area contributed by atoms with E-state index in [4.69, 9.17) is 0 Å². The molecule has 1 heterocycles. The summed E-state index contributed by atoms with van der Waals surface area (Å²) in [6.45, 7) is 4.18. The second kappa shape index (κ2) is 7.47. The zero-order chi connectivity index (χ0) is 18.7. The van der Waals surface area contributed by atoms with Gasteiger partial charge >= 0.3 is 0 Å².